The molecule has 0 fully saturated rings. The normalized spacial score (nSPS) is 13.5. The summed E-state index contributed by atoms with van der Waals surface area (Å²) in [7, 11) is 4.07. The van der Waals surface area contributed by atoms with E-state index in [9.17, 15) is 4.79 Å². The third-order valence-electron chi connectivity index (χ3n) is 4.57. The van der Waals surface area contributed by atoms with Crippen LogP contribution in [0.1, 0.15) is 6.42 Å². The molecule has 4 rings (SSSR count). The number of thiazole rings is 1. The Hall–Kier alpha value is -2.77. The lowest BCUT2D eigenvalue weighted by Gasteiger charge is -2.30. The Kier molecular flexibility index (Phi) is 5.36. The molecule has 7 heteroatoms. The van der Waals surface area contributed by atoms with Crippen molar-refractivity contribution >= 4 is 22.9 Å². The number of nitrogens with zero attached hydrogens (tertiary/aromatic N) is 4. The van der Waals surface area contributed by atoms with E-state index in [0.717, 1.165) is 46.4 Å². The summed E-state index contributed by atoms with van der Waals surface area (Å²) in [6.07, 6.45) is 2.67. The Balaban J connectivity index is 1.61. The van der Waals surface area contributed by atoms with Crippen molar-refractivity contribution < 1.29 is 9.53 Å². The van der Waals surface area contributed by atoms with Gasteiger partial charge in [-0.3, -0.25) is 9.78 Å². The molecular weight excluding hydrogens is 372 g/mol. The zero-order valence-corrected chi connectivity index (χ0v) is 16.8. The summed E-state index contributed by atoms with van der Waals surface area (Å²) < 4.78 is 5.63. The van der Waals surface area contributed by atoms with Crippen LogP contribution in [0.15, 0.2) is 48.0 Å². The zero-order chi connectivity index (χ0) is 19.5. The first-order valence-corrected chi connectivity index (χ1v) is 10.1. The Morgan fingerprint density at radius 3 is 2.89 bits per heavy atom. The van der Waals surface area contributed by atoms with Crippen molar-refractivity contribution in [2.24, 2.45) is 0 Å². The van der Waals surface area contributed by atoms with Crippen LogP contribution in [0.25, 0.3) is 22.0 Å². The number of fused-ring (bicyclic) bond motifs is 1. The monoisotopic (exact) mass is 394 g/mol. The minimum atomic E-state index is -0.00383. The largest absolute Gasteiger partial charge is 0.482 e. The third-order valence-corrected chi connectivity index (χ3v) is 5.44. The van der Waals surface area contributed by atoms with Crippen molar-refractivity contribution in [1.29, 1.82) is 0 Å². The maximum absolute atomic E-state index is 12.4. The first-order valence-electron chi connectivity index (χ1n) is 9.21. The van der Waals surface area contributed by atoms with Gasteiger partial charge in [0.25, 0.3) is 5.91 Å². The minimum absolute atomic E-state index is 0.00383. The summed E-state index contributed by atoms with van der Waals surface area (Å²) in [4.78, 5) is 25.5. The molecule has 0 N–H and O–H groups in total. The predicted octanol–water partition coefficient (Wildman–Crippen LogP) is 3.55. The molecule has 28 heavy (non-hydrogen) atoms. The van der Waals surface area contributed by atoms with Gasteiger partial charge in [0.2, 0.25) is 0 Å². The van der Waals surface area contributed by atoms with E-state index in [1.165, 1.54) is 0 Å². The van der Waals surface area contributed by atoms with Crippen LogP contribution in [-0.4, -0.2) is 54.6 Å². The number of hydrogen-bond donors (Lipinski definition) is 0. The molecule has 0 saturated heterocycles. The van der Waals surface area contributed by atoms with Gasteiger partial charge in [0, 0.05) is 23.7 Å². The number of carbonyl (C=O) groups is 1. The van der Waals surface area contributed by atoms with E-state index in [1.807, 2.05) is 60.8 Å². The Labute approximate surface area is 168 Å². The Morgan fingerprint density at radius 2 is 2.11 bits per heavy atom. The van der Waals surface area contributed by atoms with Crippen LogP contribution in [0.2, 0.25) is 0 Å². The highest BCUT2D eigenvalue weighted by molar-refractivity contribution is 7.13. The molecule has 0 radical (unpaired) electrons. The van der Waals surface area contributed by atoms with Gasteiger partial charge in [0.1, 0.15) is 10.8 Å². The number of benzene rings is 1. The van der Waals surface area contributed by atoms with Gasteiger partial charge in [0.15, 0.2) is 6.61 Å². The van der Waals surface area contributed by atoms with Crippen LogP contribution in [0, 0.1) is 0 Å². The number of aromatic nitrogens is 2. The number of anilines is 1. The maximum atomic E-state index is 12.4. The van der Waals surface area contributed by atoms with E-state index in [4.69, 9.17) is 9.72 Å². The van der Waals surface area contributed by atoms with Crippen molar-refractivity contribution in [3.63, 3.8) is 0 Å². The molecule has 1 amide bonds. The molecule has 0 atom stereocenters. The van der Waals surface area contributed by atoms with Crippen molar-refractivity contribution in [3.8, 4) is 27.7 Å². The fourth-order valence-electron chi connectivity index (χ4n) is 3.16. The van der Waals surface area contributed by atoms with E-state index in [0.29, 0.717) is 6.54 Å². The summed E-state index contributed by atoms with van der Waals surface area (Å²) in [6, 6.07) is 11.7. The van der Waals surface area contributed by atoms with E-state index in [2.05, 4.69) is 9.88 Å². The van der Waals surface area contributed by atoms with Gasteiger partial charge in [-0.15, -0.1) is 11.3 Å². The van der Waals surface area contributed by atoms with Crippen molar-refractivity contribution in [2.45, 2.75) is 6.42 Å². The number of carbonyl (C=O) groups excluding carboxylic acids is 1. The molecule has 144 valence electrons. The number of hydrogen-bond acceptors (Lipinski definition) is 6. The van der Waals surface area contributed by atoms with E-state index in [1.54, 1.807) is 17.5 Å². The van der Waals surface area contributed by atoms with Crippen molar-refractivity contribution in [2.75, 3.05) is 38.7 Å². The minimum Gasteiger partial charge on any atom is -0.482 e. The highest BCUT2D eigenvalue weighted by atomic mass is 32.1. The number of pyridine rings is 1. The van der Waals surface area contributed by atoms with Crippen LogP contribution in [0.5, 0.6) is 5.75 Å². The summed E-state index contributed by atoms with van der Waals surface area (Å²) >= 11 is 1.56. The molecule has 1 aliphatic heterocycles. The van der Waals surface area contributed by atoms with Gasteiger partial charge in [-0.2, -0.15) is 0 Å². The topological polar surface area (TPSA) is 58.6 Å². The third kappa shape index (κ3) is 3.90. The van der Waals surface area contributed by atoms with Gasteiger partial charge >= 0.3 is 0 Å². The molecule has 0 unspecified atom stereocenters. The number of rotatable bonds is 6. The van der Waals surface area contributed by atoms with Crippen LogP contribution in [0.3, 0.4) is 0 Å². The lowest BCUT2D eigenvalue weighted by molar-refractivity contribution is -0.121. The smallest absolute Gasteiger partial charge is 0.265 e. The molecule has 0 saturated carbocycles. The van der Waals surface area contributed by atoms with E-state index < -0.39 is 0 Å². The van der Waals surface area contributed by atoms with Gasteiger partial charge < -0.3 is 14.5 Å². The van der Waals surface area contributed by atoms with Crippen LogP contribution >= 0.6 is 11.3 Å². The molecular formula is C21H22N4O2S. The average molecular weight is 395 g/mol. The zero-order valence-electron chi connectivity index (χ0n) is 16.0. The molecule has 1 aromatic carbocycles. The molecule has 0 aliphatic carbocycles. The van der Waals surface area contributed by atoms with Gasteiger partial charge in [-0.05, 0) is 57.4 Å². The van der Waals surface area contributed by atoms with Crippen LogP contribution in [-0.2, 0) is 4.79 Å². The summed E-state index contributed by atoms with van der Waals surface area (Å²) in [6.45, 7) is 1.70. The van der Waals surface area contributed by atoms with Crippen LogP contribution < -0.4 is 9.64 Å². The van der Waals surface area contributed by atoms with Crippen LogP contribution in [0.4, 0.5) is 5.69 Å². The molecule has 3 heterocycles. The average Bonchev–Trinajstić information content (AvgIpc) is 3.20. The molecule has 6 nitrogen and oxygen atoms in total. The highest BCUT2D eigenvalue weighted by Crippen LogP contribution is 2.37. The lowest BCUT2D eigenvalue weighted by atomic mass is 10.1. The summed E-state index contributed by atoms with van der Waals surface area (Å²) in [5.41, 5.74) is 3.52. The number of amides is 1. The summed E-state index contributed by atoms with van der Waals surface area (Å²) in [5.74, 6) is 0.740. The van der Waals surface area contributed by atoms with Gasteiger partial charge in [0.05, 0.1) is 17.1 Å². The molecule has 3 aromatic rings. The maximum Gasteiger partial charge on any atom is 0.265 e. The first-order chi connectivity index (χ1) is 13.6. The van der Waals surface area contributed by atoms with Crippen molar-refractivity contribution in [1.82, 2.24) is 14.9 Å². The predicted molar refractivity (Wildman–Crippen MR) is 112 cm³/mol. The van der Waals surface area contributed by atoms with E-state index >= 15 is 0 Å². The number of ether oxygens (including phenoxy) is 1. The molecule has 0 bridgehead atoms. The van der Waals surface area contributed by atoms with Crippen molar-refractivity contribution in [3.05, 3.63) is 48.0 Å². The molecule has 1 aliphatic rings. The lowest BCUT2D eigenvalue weighted by Crippen LogP contribution is -2.40. The Bertz CT molecular complexity index is 972. The Morgan fingerprint density at radius 1 is 1.21 bits per heavy atom. The fourth-order valence-corrected chi connectivity index (χ4v) is 3.97. The van der Waals surface area contributed by atoms with Gasteiger partial charge in [-0.1, -0.05) is 6.07 Å². The molecule has 2 aromatic heterocycles. The summed E-state index contributed by atoms with van der Waals surface area (Å²) in [5, 5.41) is 2.90. The second-order valence-electron chi connectivity index (χ2n) is 6.93. The SMILES string of the molecule is CN(C)CCCN1C(=O)COc2ccc(-c3csc(-c4ccccn4)n3)cc21. The fraction of sp³-hybridized carbons (Fsp3) is 0.286. The molecule has 0 spiro atoms. The quantitative estimate of drug-likeness (QED) is 0.640. The second kappa shape index (κ2) is 8.08. The van der Waals surface area contributed by atoms with Gasteiger partial charge in [-0.25, -0.2) is 4.98 Å². The first kappa shape index (κ1) is 18.6. The van der Waals surface area contributed by atoms with E-state index in [-0.39, 0.29) is 12.5 Å². The second-order valence-corrected chi connectivity index (χ2v) is 7.78. The highest BCUT2D eigenvalue weighted by Gasteiger charge is 2.26. The standard InChI is InChI=1S/C21H22N4O2S/c1-24(2)10-5-11-25-18-12-15(7-8-19(18)27-13-20(25)26)17-14-28-21(23-17)16-6-3-4-9-22-16/h3-4,6-9,12,14H,5,10-11,13H2,1-2H3.